The summed E-state index contributed by atoms with van der Waals surface area (Å²) in [7, 11) is 0. The van der Waals surface area contributed by atoms with Crippen LogP contribution in [0.5, 0.6) is 0 Å². The number of hydrogen-bond donors (Lipinski definition) is 0. The van der Waals surface area contributed by atoms with Gasteiger partial charge in [-0.25, -0.2) is 0 Å². The molecule has 128 valence electrons. The first kappa shape index (κ1) is 16.9. The predicted molar refractivity (Wildman–Crippen MR) is 91.1 cm³/mol. The highest BCUT2D eigenvalue weighted by atomic mass is 16.7. The summed E-state index contributed by atoms with van der Waals surface area (Å²) in [4.78, 5) is 0. The van der Waals surface area contributed by atoms with Gasteiger partial charge in [0.2, 0.25) is 0 Å². The molecule has 3 rings (SSSR count). The molecule has 3 nitrogen and oxygen atoms in total. The van der Waals surface area contributed by atoms with Crippen LogP contribution in [0.15, 0.2) is 30.3 Å². The van der Waals surface area contributed by atoms with E-state index in [1.54, 1.807) is 0 Å². The fourth-order valence-corrected chi connectivity index (χ4v) is 3.86. The third-order valence-corrected chi connectivity index (χ3v) is 5.28. The topological polar surface area (TPSA) is 27.7 Å². The first-order chi connectivity index (χ1) is 11.1. The van der Waals surface area contributed by atoms with E-state index in [-0.39, 0.29) is 12.4 Å². The van der Waals surface area contributed by atoms with Crippen molar-refractivity contribution in [1.82, 2.24) is 0 Å². The van der Waals surface area contributed by atoms with Crippen LogP contribution in [-0.2, 0) is 14.2 Å². The van der Waals surface area contributed by atoms with Crippen LogP contribution in [-0.4, -0.2) is 25.4 Å². The van der Waals surface area contributed by atoms with Crippen molar-refractivity contribution in [2.24, 2.45) is 17.8 Å². The maximum atomic E-state index is 6.29. The van der Waals surface area contributed by atoms with Gasteiger partial charge in [0, 0.05) is 5.56 Å². The summed E-state index contributed by atoms with van der Waals surface area (Å²) >= 11 is 0. The van der Waals surface area contributed by atoms with Crippen LogP contribution >= 0.6 is 0 Å². The third kappa shape index (κ3) is 4.34. The largest absolute Gasteiger partial charge is 0.375 e. The molecule has 1 aromatic rings. The van der Waals surface area contributed by atoms with E-state index in [0.717, 1.165) is 11.5 Å². The molecule has 23 heavy (non-hydrogen) atoms. The van der Waals surface area contributed by atoms with Gasteiger partial charge in [0.1, 0.15) is 6.10 Å². The summed E-state index contributed by atoms with van der Waals surface area (Å²) in [5, 5.41) is 0. The molecule has 1 heterocycles. The van der Waals surface area contributed by atoms with Crippen LogP contribution in [0.2, 0.25) is 0 Å². The lowest BCUT2D eigenvalue weighted by molar-refractivity contribution is -0.0993. The highest BCUT2D eigenvalue weighted by molar-refractivity contribution is 5.16. The molecule has 1 saturated heterocycles. The summed E-state index contributed by atoms with van der Waals surface area (Å²) in [5.41, 5.74) is 1.08. The second kappa shape index (κ2) is 7.78. The van der Waals surface area contributed by atoms with Gasteiger partial charge in [-0.05, 0) is 30.6 Å². The Bertz CT molecular complexity index is 473. The van der Waals surface area contributed by atoms with Crippen LogP contribution in [0, 0.1) is 17.8 Å². The van der Waals surface area contributed by atoms with E-state index in [4.69, 9.17) is 14.2 Å². The monoisotopic (exact) mass is 318 g/mol. The van der Waals surface area contributed by atoms with Crippen LogP contribution in [0.1, 0.15) is 51.9 Å². The lowest BCUT2D eigenvalue weighted by Gasteiger charge is -2.37. The Labute approximate surface area is 140 Å². The molecule has 1 aliphatic heterocycles. The van der Waals surface area contributed by atoms with Gasteiger partial charge in [0.15, 0.2) is 6.29 Å². The minimum atomic E-state index is -0.240. The van der Waals surface area contributed by atoms with Crippen molar-refractivity contribution >= 4 is 0 Å². The van der Waals surface area contributed by atoms with Crippen molar-refractivity contribution in [3.05, 3.63) is 35.9 Å². The van der Waals surface area contributed by atoms with Gasteiger partial charge in [0.05, 0.1) is 19.3 Å². The first-order valence-electron chi connectivity index (χ1n) is 9.07. The Morgan fingerprint density at radius 2 is 1.96 bits per heavy atom. The molecular weight excluding hydrogens is 288 g/mol. The Morgan fingerprint density at radius 3 is 2.70 bits per heavy atom. The maximum Gasteiger partial charge on any atom is 0.184 e. The number of benzene rings is 1. The Morgan fingerprint density at radius 1 is 1.17 bits per heavy atom. The Kier molecular flexibility index (Phi) is 5.73. The zero-order valence-electron chi connectivity index (χ0n) is 14.6. The number of ether oxygens (including phenoxy) is 3. The Hall–Kier alpha value is -0.900. The second-order valence-corrected chi connectivity index (χ2v) is 7.53. The van der Waals surface area contributed by atoms with Gasteiger partial charge in [-0.15, -0.1) is 0 Å². The van der Waals surface area contributed by atoms with Crippen LogP contribution in [0.3, 0.4) is 0 Å². The van der Waals surface area contributed by atoms with E-state index in [1.807, 2.05) is 30.3 Å². The lowest BCUT2D eigenvalue weighted by atomic mass is 9.75. The molecule has 2 aliphatic rings. The van der Waals surface area contributed by atoms with E-state index in [2.05, 4.69) is 20.8 Å². The molecule has 5 unspecified atom stereocenters. The highest BCUT2D eigenvalue weighted by Crippen LogP contribution is 2.36. The van der Waals surface area contributed by atoms with Crippen molar-refractivity contribution in [1.29, 1.82) is 0 Å². The highest BCUT2D eigenvalue weighted by Gasteiger charge is 2.33. The molecule has 3 heteroatoms. The van der Waals surface area contributed by atoms with Crippen molar-refractivity contribution in [2.45, 2.75) is 58.5 Å². The van der Waals surface area contributed by atoms with E-state index in [9.17, 15) is 0 Å². The standard InChI is InChI=1S/C20H30O3/c1-14(2)18-10-9-15(3)11-19(18)21-12-17-13-22-20(23-17)16-7-5-4-6-8-16/h4-8,14-15,17-20H,9-13H2,1-3H3. The zero-order valence-corrected chi connectivity index (χ0v) is 14.6. The summed E-state index contributed by atoms with van der Waals surface area (Å²) in [5.74, 6) is 2.14. The van der Waals surface area contributed by atoms with Crippen LogP contribution in [0.25, 0.3) is 0 Å². The predicted octanol–water partition coefficient (Wildman–Crippen LogP) is 4.58. The van der Waals surface area contributed by atoms with Gasteiger partial charge in [-0.1, -0.05) is 57.5 Å². The molecule has 2 fully saturated rings. The van der Waals surface area contributed by atoms with E-state index in [1.165, 1.54) is 19.3 Å². The van der Waals surface area contributed by atoms with Crippen LogP contribution < -0.4 is 0 Å². The van der Waals surface area contributed by atoms with Crippen molar-refractivity contribution in [3.8, 4) is 0 Å². The van der Waals surface area contributed by atoms with Gasteiger partial charge in [-0.3, -0.25) is 0 Å². The molecule has 5 atom stereocenters. The molecule has 0 N–H and O–H groups in total. The maximum absolute atomic E-state index is 6.29. The summed E-state index contributed by atoms with van der Waals surface area (Å²) < 4.78 is 18.1. The first-order valence-corrected chi connectivity index (χ1v) is 9.07. The van der Waals surface area contributed by atoms with Crippen molar-refractivity contribution in [3.63, 3.8) is 0 Å². The lowest BCUT2D eigenvalue weighted by Crippen LogP contribution is -2.36. The third-order valence-electron chi connectivity index (χ3n) is 5.28. The quantitative estimate of drug-likeness (QED) is 0.795. The molecule has 0 spiro atoms. The SMILES string of the molecule is CC1CCC(C(C)C)C(OCC2COC(c3ccccc3)O2)C1. The number of hydrogen-bond acceptors (Lipinski definition) is 3. The van der Waals surface area contributed by atoms with Gasteiger partial charge in [0.25, 0.3) is 0 Å². The molecule has 0 bridgehead atoms. The minimum Gasteiger partial charge on any atom is -0.375 e. The van der Waals surface area contributed by atoms with E-state index in [0.29, 0.717) is 31.2 Å². The average Bonchev–Trinajstić information content (AvgIpc) is 3.02. The zero-order chi connectivity index (χ0) is 16.2. The fourth-order valence-electron chi connectivity index (χ4n) is 3.86. The van der Waals surface area contributed by atoms with Gasteiger partial charge >= 0.3 is 0 Å². The Balaban J connectivity index is 1.50. The molecular formula is C20H30O3. The fraction of sp³-hybridized carbons (Fsp3) is 0.700. The van der Waals surface area contributed by atoms with Gasteiger partial charge < -0.3 is 14.2 Å². The van der Waals surface area contributed by atoms with Crippen molar-refractivity contribution < 1.29 is 14.2 Å². The molecule has 0 aromatic heterocycles. The van der Waals surface area contributed by atoms with E-state index >= 15 is 0 Å². The van der Waals surface area contributed by atoms with Crippen molar-refractivity contribution in [2.75, 3.05) is 13.2 Å². The molecule has 1 saturated carbocycles. The van der Waals surface area contributed by atoms with Crippen LogP contribution in [0.4, 0.5) is 0 Å². The smallest absolute Gasteiger partial charge is 0.184 e. The molecule has 1 aromatic carbocycles. The number of rotatable bonds is 5. The average molecular weight is 318 g/mol. The minimum absolute atomic E-state index is 0.0465. The normalized spacial score (nSPS) is 34.9. The second-order valence-electron chi connectivity index (χ2n) is 7.53. The summed E-state index contributed by atoms with van der Waals surface area (Å²) in [6, 6.07) is 10.1. The summed E-state index contributed by atoms with van der Waals surface area (Å²) in [6.45, 7) is 8.24. The molecule has 1 aliphatic carbocycles. The van der Waals surface area contributed by atoms with Gasteiger partial charge in [-0.2, -0.15) is 0 Å². The van der Waals surface area contributed by atoms with E-state index < -0.39 is 0 Å². The molecule has 0 radical (unpaired) electrons. The summed E-state index contributed by atoms with van der Waals surface area (Å²) in [6.07, 6.45) is 3.98. The molecule has 0 amide bonds.